The molecular weight excluding hydrogens is 436 g/mol. The highest BCUT2D eigenvalue weighted by molar-refractivity contribution is 6.30. The molecular formula is C27H25ClN2O3. The molecule has 0 fully saturated rings. The highest BCUT2D eigenvalue weighted by Gasteiger charge is 2.31. The summed E-state index contributed by atoms with van der Waals surface area (Å²) in [6, 6.07) is 15.5. The highest BCUT2D eigenvalue weighted by Crippen LogP contribution is 2.41. The number of hydrogen-bond donors (Lipinski definition) is 1. The first-order chi connectivity index (χ1) is 15.6. The summed E-state index contributed by atoms with van der Waals surface area (Å²) in [5.41, 5.74) is 4.44. The topological polar surface area (TPSA) is 72.3 Å². The Morgan fingerprint density at radius 1 is 0.970 bits per heavy atom. The van der Waals surface area contributed by atoms with Gasteiger partial charge in [-0.25, -0.2) is 14.8 Å². The molecule has 1 unspecified atom stereocenters. The van der Waals surface area contributed by atoms with E-state index in [1.54, 1.807) is 12.4 Å². The quantitative estimate of drug-likeness (QED) is 0.352. The van der Waals surface area contributed by atoms with Gasteiger partial charge in [-0.15, -0.1) is 0 Å². The molecule has 0 bridgehead atoms. The van der Waals surface area contributed by atoms with E-state index in [9.17, 15) is 9.90 Å². The van der Waals surface area contributed by atoms with Crippen LogP contribution < -0.4 is 0 Å². The van der Waals surface area contributed by atoms with Gasteiger partial charge in [-0.3, -0.25) is 0 Å². The molecule has 3 aromatic carbocycles. The smallest absolute Gasteiger partial charge is 0.337 e. The molecule has 4 aromatic rings. The first-order valence-electron chi connectivity index (χ1n) is 10.6. The maximum atomic E-state index is 12.4. The van der Waals surface area contributed by atoms with Crippen LogP contribution in [0.25, 0.3) is 33.0 Å². The average Bonchev–Trinajstić information content (AvgIpc) is 2.77. The van der Waals surface area contributed by atoms with E-state index < -0.39 is 17.7 Å². The van der Waals surface area contributed by atoms with Crippen LogP contribution in [0.2, 0.25) is 5.02 Å². The van der Waals surface area contributed by atoms with Crippen molar-refractivity contribution in [3.63, 3.8) is 0 Å². The van der Waals surface area contributed by atoms with Crippen molar-refractivity contribution in [2.75, 3.05) is 0 Å². The van der Waals surface area contributed by atoms with E-state index in [0.29, 0.717) is 10.6 Å². The predicted octanol–water partition coefficient (Wildman–Crippen LogP) is 6.87. The lowest BCUT2D eigenvalue weighted by atomic mass is 9.86. The number of fused-ring (bicyclic) bond motifs is 1. The standard InChI is InChI=1S/C27H25ClN2O3/c1-16-11-19-12-18(20-13-29-15-30-14-20)7-10-22(19)24(17-5-8-21(28)9-6-17)23(16)25(26(31)32)33-27(2,3)4/h5-15,25H,1-4H3,(H,31,32). The molecule has 6 heteroatoms. The van der Waals surface area contributed by atoms with E-state index in [-0.39, 0.29) is 0 Å². The first kappa shape index (κ1) is 22.9. The van der Waals surface area contributed by atoms with E-state index in [1.807, 2.05) is 70.2 Å². The second-order valence-corrected chi connectivity index (χ2v) is 9.44. The fourth-order valence-electron chi connectivity index (χ4n) is 4.04. The van der Waals surface area contributed by atoms with Crippen molar-refractivity contribution >= 4 is 28.3 Å². The maximum absolute atomic E-state index is 12.4. The van der Waals surface area contributed by atoms with Gasteiger partial charge in [0.25, 0.3) is 0 Å². The Labute approximate surface area is 198 Å². The fourth-order valence-corrected chi connectivity index (χ4v) is 4.17. The molecule has 1 N–H and O–H groups in total. The van der Waals surface area contributed by atoms with Crippen LogP contribution in [-0.2, 0) is 9.53 Å². The molecule has 4 rings (SSSR count). The van der Waals surface area contributed by atoms with E-state index in [1.165, 1.54) is 6.33 Å². The van der Waals surface area contributed by atoms with Gasteiger partial charge in [0.2, 0.25) is 0 Å². The molecule has 0 aliphatic rings. The number of aliphatic carboxylic acids is 1. The molecule has 0 saturated carbocycles. The first-order valence-corrected chi connectivity index (χ1v) is 11.0. The number of benzene rings is 3. The molecule has 0 amide bonds. The van der Waals surface area contributed by atoms with Crippen LogP contribution in [0.3, 0.4) is 0 Å². The van der Waals surface area contributed by atoms with Crippen molar-refractivity contribution in [3.05, 3.63) is 83.4 Å². The van der Waals surface area contributed by atoms with Crippen LogP contribution in [0, 0.1) is 6.92 Å². The van der Waals surface area contributed by atoms with E-state index in [0.717, 1.165) is 38.6 Å². The summed E-state index contributed by atoms with van der Waals surface area (Å²) < 4.78 is 6.05. The van der Waals surface area contributed by atoms with Crippen molar-refractivity contribution in [3.8, 4) is 22.3 Å². The largest absolute Gasteiger partial charge is 0.479 e. The molecule has 0 aliphatic carbocycles. The van der Waals surface area contributed by atoms with Gasteiger partial charge >= 0.3 is 5.97 Å². The molecule has 0 aliphatic heterocycles. The van der Waals surface area contributed by atoms with E-state index in [2.05, 4.69) is 16.0 Å². The normalized spacial score (nSPS) is 12.6. The average molecular weight is 461 g/mol. The molecule has 5 nitrogen and oxygen atoms in total. The summed E-state index contributed by atoms with van der Waals surface area (Å²) in [6.07, 6.45) is 3.92. The van der Waals surface area contributed by atoms with Crippen molar-refractivity contribution in [2.45, 2.75) is 39.4 Å². The monoisotopic (exact) mass is 460 g/mol. The van der Waals surface area contributed by atoms with E-state index >= 15 is 0 Å². The summed E-state index contributed by atoms with van der Waals surface area (Å²) in [4.78, 5) is 20.6. The lowest BCUT2D eigenvalue weighted by Gasteiger charge is -2.28. The SMILES string of the molecule is Cc1cc2cc(-c3cncnc3)ccc2c(-c2ccc(Cl)cc2)c1C(OC(C)(C)C)C(=O)O. The Bertz CT molecular complexity index is 1310. The second kappa shape index (κ2) is 8.93. The summed E-state index contributed by atoms with van der Waals surface area (Å²) in [7, 11) is 0. The van der Waals surface area contributed by atoms with Crippen LogP contribution >= 0.6 is 11.6 Å². The van der Waals surface area contributed by atoms with Crippen LogP contribution in [0.5, 0.6) is 0 Å². The van der Waals surface area contributed by atoms with Crippen LogP contribution in [0.1, 0.15) is 38.0 Å². The highest BCUT2D eigenvalue weighted by atomic mass is 35.5. The number of rotatable bonds is 5. The van der Waals surface area contributed by atoms with Gasteiger partial charge in [0.05, 0.1) is 5.60 Å². The minimum Gasteiger partial charge on any atom is -0.479 e. The third kappa shape index (κ3) is 4.90. The Hall–Kier alpha value is -3.28. The third-order valence-corrected chi connectivity index (χ3v) is 5.62. The van der Waals surface area contributed by atoms with Crippen molar-refractivity contribution < 1.29 is 14.6 Å². The Morgan fingerprint density at radius 3 is 2.21 bits per heavy atom. The molecule has 33 heavy (non-hydrogen) atoms. The van der Waals surface area contributed by atoms with Gasteiger partial charge in [-0.05, 0) is 78.9 Å². The molecule has 1 heterocycles. The molecule has 0 spiro atoms. The Balaban J connectivity index is 2.02. The van der Waals surface area contributed by atoms with Gasteiger partial charge < -0.3 is 9.84 Å². The number of hydrogen-bond acceptors (Lipinski definition) is 4. The minimum atomic E-state index is -1.12. The number of ether oxygens (including phenoxy) is 1. The molecule has 0 radical (unpaired) electrons. The van der Waals surface area contributed by atoms with Crippen LogP contribution in [-0.4, -0.2) is 26.6 Å². The number of aromatic nitrogens is 2. The molecule has 0 saturated heterocycles. The van der Waals surface area contributed by atoms with Crippen molar-refractivity contribution in [1.29, 1.82) is 0 Å². The summed E-state index contributed by atoms with van der Waals surface area (Å²) in [5, 5.41) is 12.7. The third-order valence-electron chi connectivity index (χ3n) is 5.37. The van der Waals surface area contributed by atoms with Gasteiger partial charge in [-0.2, -0.15) is 0 Å². The zero-order chi connectivity index (χ0) is 23.8. The number of aryl methyl sites for hydroxylation is 1. The van der Waals surface area contributed by atoms with Crippen molar-refractivity contribution in [2.24, 2.45) is 0 Å². The lowest BCUT2D eigenvalue weighted by Crippen LogP contribution is -2.28. The number of carboxylic acids is 1. The van der Waals surface area contributed by atoms with Gasteiger partial charge in [-0.1, -0.05) is 41.9 Å². The van der Waals surface area contributed by atoms with E-state index in [4.69, 9.17) is 16.3 Å². The second-order valence-electron chi connectivity index (χ2n) is 9.00. The number of carbonyl (C=O) groups is 1. The summed E-state index contributed by atoms with van der Waals surface area (Å²) >= 11 is 6.15. The van der Waals surface area contributed by atoms with Crippen LogP contribution in [0.15, 0.2) is 67.3 Å². The van der Waals surface area contributed by atoms with Gasteiger partial charge in [0.15, 0.2) is 6.10 Å². The zero-order valence-corrected chi connectivity index (χ0v) is 19.7. The lowest BCUT2D eigenvalue weighted by molar-refractivity contribution is -0.160. The molecule has 168 valence electrons. The number of nitrogens with zero attached hydrogens (tertiary/aromatic N) is 2. The van der Waals surface area contributed by atoms with Crippen LogP contribution in [0.4, 0.5) is 0 Å². The molecule has 1 aromatic heterocycles. The van der Waals surface area contributed by atoms with Crippen molar-refractivity contribution in [1.82, 2.24) is 9.97 Å². The predicted molar refractivity (Wildman–Crippen MR) is 131 cm³/mol. The minimum absolute atomic E-state index is 0.615. The zero-order valence-electron chi connectivity index (χ0n) is 19.0. The number of halogens is 1. The summed E-state index contributed by atoms with van der Waals surface area (Å²) in [6.45, 7) is 7.49. The summed E-state index contributed by atoms with van der Waals surface area (Å²) in [5.74, 6) is -1.03. The van der Waals surface area contributed by atoms with Gasteiger partial charge in [0, 0.05) is 28.5 Å². The van der Waals surface area contributed by atoms with Gasteiger partial charge in [0.1, 0.15) is 6.33 Å². The maximum Gasteiger partial charge on any atom is 0.337 e. The fraction of sp³-hybridized carbons (Fsp3) is 0.222. The molecule has 1 atom stereocenters. The Kier molecular flexibility index (Phi) is 6.19. The number of carboxylic acid groups (broad SMARTS) is 1. The Morgan fingerprint density at radius 2 is 1.61 bits per heavy atom.